The first-order valence-corrected chi connectivity index (χ1v) is 8.16. The SMILES string of the molecule is COc1ccccc1CNc1nc(C)cc(Nc2ccc(C#N)cc2)n1. The number of aryl methyl sites for hydroxylation is 1. The van der Waals surface area contributed by atoms with E-state index in [-0.39, 0.29) is 0 Å². The molecule has 0 amide bonds. The van der Waals surface area contributed by atoms with Gasteiger partial charge in [-0.1, -0.05) is 18.2 Å². The molecule has 0 fully saturated rings. The summed E-state index contributed by atoms with van der Waals surface area (Å²) >= 11 is 0. The van der Waals surface area contributed by atoms with Gasteiger partial charge in [0.2, 0.25) is 5.95 Å². The Labute approximate surface area is 152 Å². The lowest BCUT2D eigenvalue weighted by atomic mass is 10.2. The standard InChI is InChI=1S/C20H19N5O/c1-14-11-19(24-17-9-7-15(12-21)8-10-17)25-20(23-14)22-13-16-5-3-4-6-18(16)26-2/h3-11H,13H2,1-2H3,(H2,22,23,24,25). The molecular formula is C20H19N5O. The molecule has 0 aliphatic rings. The number of hydrogen-bond acceptors (Lipinski definition) is 6. The zero-order chi connectivity index (χ0) is 18.4. The monoisotopic (exact) mass is 345 g/mol. The summed E-state index contributed by atoms with van der Waals surface area (Å²) < 4.78 is 5.36. The highest BCUT2D eigenvalue weighted by molar-refractivity contribution is 5.58. The lowest BCUT2D eigenvalue weighted by Gasteiger charge is -2.12. The number of methoxy groups -OCH3 is 1. The third kappa shape index (κ3) is 4.28. The molecular weight excluding hydrogens is 326 g/mol. The van der Waals surface area contributed by atoms with Crippen molar-refractivity contribution in [3.05, 3.63) is 71.4 Å². The molecule has 1 heterocycles. The number of anilines is 3. The molecule has 0 radical (unpaired) electrons. The largest absolute Gasteiger partial charge is 0.496 e. The summed E-state index contributed by atoms with van der Waals surface area (Å²) in [6.45, 7) is 2.48. The Morgan fingerprint density at radius 2 is 1.85 bits per heavy atom. The molecule has 2 N–H and O–H groups in total. The Balaban J connectivity index is 1.73. The molecule has 26 heavy (non-hydrogen) atoms. The summed E-state index contributed by atoms with van der Waals surface area (Å²) in [6.07, 6.45) is 0. The summed E-state index contributed by atoms with van der Waals surface area (Å²) in [5.74, 6) is 2.04. The first-order valence-electron chi connectivity index (χ1n) is 8.16. The molecule has 0 atom stereocenters. The summed E-state index contributed by atoms with van der Waals surface area (Å²) in [5.41, 5.74) is 3.35. The molecule has 0 saturated carbocycles. The van der Waals surface area contributed by atoms with E-state index < -0.39 is 0 Å². The van der Waals surface area contributed by atoms with Crippen LogP contribution in [0, 0.1) is 18.3 Å². The molecule has 0 unspecified atom stereocenters. The van der Waals surface area contributed by atoms with E-state index in [1.165, 1.54) is 0 Å². The number of nitriles is 1. The molecule has 3 aromatic rings. The number of benzene rings is 2. The van der Waals surface area contributed by atoms with E-state index in [9.17, 15) is 0 Å². The van der Waals surface area contributed by atoms with E-state index in [4.69, 9.17) is 10.00 Å². The summed E-state index contributed by atoms with van der Waals surface area (Å²) in [4.78, 5) is 8.93. The van der Waals surface area contributed by atoms with E-state index >= 15 is 0 Å². The lowest BCUT2D eigenvalue weighted by molar-refractivity contribution is 0.410. The normalized spacial score (nSPS) is 10.0. The molecule has 130 valence electrons. The Morgan fingerprint density at radius 3 is 2.58 bits per heavy atom. The zero-order valence-electron chi connectivity index (χ0n) is 14.7. The van der Waals surface area contributed by atoms with Gasteiger partial charge >= 0.3 is 0 Å². The van der Waals surface area contributed by atoms with E-state index in [2.05, 4.69) is 26.7 Å². The first kappa shape index (κ1) is 17.2. The molecule has 6 nitrogen and oxygen atoms in total. The van der Waals surface area contributed by atoms with Crippen molar-refractivity contribution in [2.75, 3.05) is 17.7 Å². The van der Waals surface area contributed by atoms with Crippen LogP contribution in [-0.2, 0) is 6.54 Å². The van der Waals surface area contributed by atoms with Gasteiger partial charge in [-0.2, -0.15) is 10.2 Å². The maximum Gasteiger partial charge on any atom is 0.225 e. The lowest BCUT2D eigenvalue weighted by Crippen LogP contribution is -2.07. The van der Waals surface area contributed by atoms with Gasteiger partial charge in [0.05, 0.1) is 18.7 Å². The van der Waals surface area contributed by atoms with E-state index in [0.717, 1.165) is 22.7 Å². The topological polar surface area (TPSA) is 82.9 Å². The van der Waals surface area contributed by atoms with E-state index in [1.807, 2.05) is 49.4 Å². The molecule has 2 aromatic carbocycles. The summed E-state index contributed by atoms with van der Waals surface area (Å²) in [5, 5.41) is 15.3. The fourth-order valence-corrected chi connectivity index (χ4v) is 2.51. The molecule has 0 bridgehead atoms. The van der Waals surface area contributed by atoms with Crippen molar-refractivity contribution in [3.8, 4) is 11.8 Å². The van der Waals surface area contributed by atoms with Crippen LogP contribution in [0.15, 0.2) is 54.6 Å². The second-order valence-electron chi connectivity index (χ2n) is 5.70. The molecule has 3 rings (SSSR count). The second kappa shape index (κ2) is 7.99. The van der Waals surface area contributed by atoms with Crippen LogP contribution < -0.4 is 15.4 Å². The third-order valence-corrected chi connectivity index (χ3v) is 3.77. The van der Waals surface area contributed by atoms with Crippen molar-refractivity contribution in [1.82, 2.24) is 9.97 Å². The molecule has 0 saturated heterocycles. The molecule has 6 heteroatoms. The van der Waals surface area contributed by atoms with Crippen molar-refractivity contribution >= 4 is 17.5 Å². The number of nitrogens with zero attached hydrogens (tertiary/aromatic N) is 3. The summed E-state index contributed by atoms with van der Waals surface area (Å²) in [7, 11) is 1.65. The predicted octanol–water partition coefficient (Wildman–Crippen LogP) is 4.02. The van der Waals surface area contributed by atoms with Crippen LogP contribution in [0.3, 0.4) is 0 Å². The molecule has 0 aliphatic heterocycles. The minimum Gasteiger partial charge on any atom is -0.496 e. The second-order valence-corrected chi connectivity index (χ2v) is 5.70. The van der Waals surface area contributed by atoms with Gasteiger partial charge in [0.25, 0.3) is 0 Å². The number of para-hydroxylation sites is 1. The number of rotatable bonds is 6. The smallest absolute Gasteiger partial charge is 0.225 e. The van der Waals surface area contributed by atoms with Gasteiger partial charge in [0, 0.05) is 29.6 Å². The highest BCUT2D eigenvalue weighted by Gasteiger charge is 2.06. The van der Waals surface area contributed by atoms with Crippen molar-refractivity contribution in [1.29, 1.82) is 5.26 Å². The van der Waals surface area contributed by atoms with Crippen molar-refractivity contribution in [2.45, 2.75) is 13.5 Å². The summed E-state index contributed by atoms with van der Waals surface area (Å²) in [6, 6.07) is 19.0. The van der Waals surface area contributed by atoms with Gasteiger partial charge in [-0.15, -0.1) is 0 Å². The van der Waals surface area contributed by atoms with Crippen LogP contribution in [-0.4, -0.2) is 17.1 Å². The molecule has 0 aliphatic carbocycles. The Hall–Kier alpha value is -3.59. The van der Waals surface area contributed by atoms with Crippen LogP contribution in [0.2, 0.25) is 0 Å². The Morgan fingerprint density at radius 1 is 1.08 bits per heavy atom. The van der Waals surface area contributed by atoms with Crippen LogP contribution in [0.25, 0.3) is 0 Å². The maximum absolute atomic E-state index is 8.87. The van der Waals surface area contributed by atoms with Gasteiger partial charge < -0.3 is 15.4 Å². The van der Waals surface area contributed by atoms with Crippen molar-refractivity contribution < 1.29 is 4.74 Å². The number of nitrogens with one attached hydrogen (secondary N) is 2. The van der Waals surface area contributed by atoms with Gasteiger partial charge in [-0.25, -0.2) is 4.98 Å². The highest BCUT2D eigenvalue weighted by Crippen LogP contribution is 2.20. The number of aromatic nitrogens is 2. The third-order valence-electron chi connectivity index (χ3n) is 3.77. The average molecular weight is 345 g/mol. The van der Waals surface area contributed by atoms with Crippen molar-refractivity contribution in [3.63, 3.8) is 0 Å². The van der Waals surface area contributed by atoms with Crippen molar-refractivity contribution in [2.24, 2.45) is 0 Å². The molecule has 1 aromatic heterocycles. The highest BCUT2D eigenvalue weighted by atomic mass is 16.5. The van der Waals surface area contributed by atoms with Crippen LogP contribution >= 0.6 is 0 Å². The molecule has 0 spiro atoms. The van der Waals surface area contributed by atoms with Crippen LogP contribution in [0.4, 0.5) is 17.5 Å². The first-order chi connectivity index (χ1) is 12.7. The van der Waals surface area contributed by atoms with E-state index in [1.54, 1.807) is 19.2 Å². The fourth-order valence-electron chi connectivity index (χ4n) is 2.51. The van der Waals surface area contributed by atoms with Crippen LogP contribution in [0.1, 0.15) is 16.8 Å². The van der Waals surface area contributed by atoms with Gasteiger partial charge in [-0.05, 0) is 37.3 Å². The number of ether oxygens (including phenoxy) is 1. The minimum absolute atomic E-state index is 0.534. The van der Waals surface area contributed by atoms with Gasteiger partial charge in [0.15, 0.2) is 0 Å². The number of hydrogen-bond donors (Lipinski definition) is 2. The average Bonchev–Trinajstić information content (AvgIpc) is 2.67. The van der Waals surface area contributed by atoms with E-state index in [0.29, 0.717) is 23.9 Å². The van der Waals surface area contributed by atoms with Gasteiger partial charge in [0.1, 0.15) is 11.6 Å². The van der Waals surface area contributed by atoms with Gasteiger partial charge in [-0.3, -0.25) is 0 Å². The minimum atomic E-state index is 0.534. The quantitative estimate of drug-likeness (QED) is 0.702. The fraction of sp³-hybridized carbons (Fsp3) is 0.150. The Kier molecular flexibility index (Phi) is 5.30. The maximum atomic E-state index is 8.87. The predicted molar refractivity (Wildman–Crippen MR) is 102 cm³/mol. The van der Waals surface area contributed by atoms with Crippen LogP contribution in [0.5, 0.6) is 5.75 Å². The zero-order valence-corrected chi connectivity index (χ0v) is 14.7. The Bertz CT molecular complexity index is 932.